The van der Waals surface area contributed by atoms with Crippen molar-refractivity contribution in [1.82, 2.24) is 14.8 Å². The van der Waals surface area contributed by atoms with Crippen LogP contribution in [0.5, 0.6) is 0 Å². The van der Waals surface area contributed by atoms with Crippen LogP contribution in [0.25, 0.3) is 27.8 Å². The first-order valence-corrected chi connectivity index (χ1v) is 10.2. The number of para-hydroxylation sites is 2. The van der Waals surface area contributed by atoms with E-state index in [1.165, 1.54) is 0 Å². The number of rotatable bonds is 6. The highest BCUT2D eigenvalue weighted by atomic mass is 16.5. The number of benzene rings is 3. The van der Waals surface area contributed by atoms with E-state index in [9.17, 15) is 9.59 Å². The van der Waals surface area contributed by atoms with E-state index in [2.05, 4.69) is 10.1 Å². The van der Waals surface area contributed by atoms with Gasteiger partial charge in [-0.1, -0.05) is 66.7 Å². The lowest BCUT2D eigenvalue weighted by Crippen LogP contribution is -2.14. The third kappa shape index (κ3) is 3.70. The summed E-state index contributed by atoms with van der Waals surface area (Å²) in [6.45, 7) is -0.356. The summed E-state index contributed by atoms with van der Waals surface area (Å²) in [5.74, 6) is -0.869. The zero-order chi connectivity index (χ0) is 21.9. The Bertz CT molecular complexity index is 1400. The first-order chi connectivity index (χ1) is 15.7. The van der Waals surface area contributed by atoms with E-state index in [0.29, 0.717) is 16.8 Å². The third-order valence-corrected chi connectivity index (χ3v) is 5.23. The first kappa shape index (κ1) is 19.5. The normalized spacial score (nSPS) is 10.9. The summed E-state index contributed by atoms with van der Waals surface area (Å²) in [6, 6.07) is 26.4. The Hall–Kier alpha value is -4.45. The molecule has 0 saturated heterocycles. The smallest absolute Gasteiger partial charge is 0.342 e. The summed E-state index contributed by atoms with van der Waals surface area (Å²) in [5, 5.41) is 5.42. The molecule has 6 heteroatoms. The number of ketones is 1. The summed E-state index contributed by atoms with van der Waals surface area (Å²) in [7, 11) is 0. The molecule has 0 unspecified atom stereocenters. The Morgan fingerprint density at radius 1 is 0.844 bits per heavy atom. The summed E-state index contributed by atoms with van der Waals surface area (Å²) in [6.07, 6.45) is 3.28. The van der Waals surface area contributed by atoms with Gasteiger partial charge in [0.2, 0.25) is 5.78 Å². The number of H-pyrrole nitrogens is 1. The van der Waals surface area contributed by atoms with Gasteiger partial charge in [-0.05, 0) is 18.2 Å². The van der Waals surface area contributed by atoms with Crippen LogP contribution in [0.15, 0.2) is 97.3 Å². The number of hydrogen-bond acceptors (Lipinski definition) is 4. The van der Waals surface area contributed by atoms with Crippen LogP contribution in [0.1, 0.15) is 20.7 Å². The Kier molecular flexibility index (Phi) is 5.09. The number of esters is 1. The summed E-state index contributed by atoms with van der Waals surface area (Å²) in [4.78, 5) is 28.8. The highest BCUT2D eigenvalue weighted by molar-refractivity contribution is 6.09. The summed E-state index contributed by atoms with van der Waals surface area (Å²) in [5.41, 5.74) is 3.76. The minimum Gasteiger partial charge on any atom is -0.454 e. The molecule has 0 bridgehead atoms. The summed E-state index contributed by atoms with van der Waals surface area (Å²) >= 11 is 0. The minimum absolute atomic E-state index is 0.271. The van der Waals surface area contributed by atoms with E-state index in [-0.39, 0.29) is 12.4 Å². The molecular weight excluding hydrogens is 402 g/mol. The van der Waals surface area contributed by atoms with Crippen LogP contribution in [-0.4, -0.2) is 33.1 Å². The van der Waals surface area contributed by atoms with Gasteiger partial charge in [0.25, 0.3) is 0 Å². The number of aromatic amines is 1. The van der Waals surface area contributed by atoms with Crippen LogP contribution < -0.4 is 0 Å². The number of Topliss-reactive ketones (excluding diaryl/α,β-unsaturated/α-hetero) is 1. The average molecular weight is 421 g/mol. The van der Waals surface area contributed by atoms with Gasteiger partial charge in [0.1, 0.15) is 11.3 Å². The van der Waals surface area contributed by atoms with Crippen molar-refractivity contribution in [3.8, 4) is 16.9 Å². The van der Waals surface area contributed by atoms with Crippen molar-refractivity contribution in [2.45, 2.75) is 0 Å². The molecular formula is C26H19N3O3. The largest absolute Gasteiger partial charge is 0.454 e. The molecule has 0 fully saturated rings. The molecule has 0 amide bonds. The van der Waals surface area contributed by atoms with Crippen LogP contribution in [-0.2, 0) is 4.74 Å². The van der Waals surface area contributed by atoms with Crippen LogP contribution in [0, 0.1) is 0 Å². The zero-order valence-corrected chi connectivity index (χ0v) is 17.1. The predicted octanol–water partition coefficient (Wildman–Crippen LogP) is 5.06. The zero-order valence-electron chi connectivity index (χ0n) is 17.1. The highest BCUT2D eigenvalue weighted by Crippen LogP contribution is 2.25. The molecule has 2 heterocycles. The van der Waals surface area contributed by atoms with E-state index in [0.717, 1.165) is 22.2 Å². The molecule has 6 nitrogen and oxygen atoms in total. The van der Waals surface area contributed by atoms with Crippen molar-refractivity contribution in [1.29, 1.82) is 0 Å². The van der Waals surface area contributed by atoms with Gasteiger partial charge in [0.05, 0.1) is 5.69 Å². The van der Waals surface area contributed by atoms with Crippen molar-refractivity contribution in [3.63, 3.8) is 0 Å². The van der Waals surface area contributed by atoms with Gasteiger partial charge in [-0.25, -0.2) is 9.48 Å². The maximum Gasteiger partial charge on any atom is 0.342 e. The van der Waals surface area contributed by atoms with E-state index >= 15 is 0 Å². The van der Waals surface area contributed by atoms with Gasteiger partial charge in [-0.3, -0.25) is 4.79 Å². The van der Waals surface area contributed by atoms with E-state index < -0.39 is 5.97 Å². The number of fused-ring (bicyclic) bond motifs is 1. The number of nitrogens with zero attached hydrogens (tertiary/aromatic N) is 2. The lowest BCUT2D eigenvalue weighted by molar-refractivity contribution is 0.0476. The number of aromatic nitrogens is 3. The van der Waals surface area contributed by atoms with Crippen LogP contribution >= 0.6 is 0 Å². The van der Waals surface area contributed by atoms with E-state index in [4.69, 9.17) is 4.74 Å². The molecule has 0 spiro atoms. The van der Waals surface area contributed by atoms with Gasteiger partial charge in [-0.2, -0.15) is 5.10 Å². The molecule has 5 rings (SSSR count). The third-order valence-electron chi connectivity index (χ3n) is 5.23. The Morgan fingerprint density at radius 3 is 2.31 bits per heavy atom. The van der Waals surface area contributed by atoms with E-state index in [1.807, 2.05) is 84.9 Å². The first-order valence-electron chi connectivity index (χ1n) is 10.2. The molecule has 32 heavy (non-hydrogen) atoms. The maximum absolute atomic E-state index is 13.0. The van der Waals surface area contributed by atoms with Gasteiger partial charge >= 0.3 is 5.97 Å². The average Bonchev–Trinajstić information content (AvgIpc) is 3.49. The van der Waals surface area contributed by atoms with Crippen molar-refractivity contribution >= 4 is 22.7 Å². The highest BCUT2D eigenvalue weighted by Gasteiger charge is 2.21. The van der Waals surface area contributed by atoms with Gasteiger partial charge in [-0.15, -0.1) is 0 Å². The second-order valence-corrected chi connectivity index (χ2v) is 7.28. The molecule has 0 atom stereocenters. The van der Waals surface area contributed by atoms with Crippen LogP contribution in [0.4, 0.5) is 0 Å². The van der Waals surface area contributed by atoms with Gasteiger partial charge in [0, 0.05) is 34.4 Å². The van der Waals surface area contributed by atoms with Crippen LogP contribution in [0.2, 0.25) is 0 Å². The molecule has 1 N–H and O–H groups in total. The number of carbonyl (C=O) groups excluding carboxylic acids is 2. The quantitative estimate of drug-likeness (QED) is 0.307. The Balaban J connectivity index is 1.42. The van der Waals surface area contributed by atoms with Crippen molar-refractivity contribution in [2.75, 3.05) is 6.61 Å². The second-order valence-electron chi connectivity index (χ2n) is 7.28. The molecule has 0 aliphatic rings. The van der Waals surface area contributed by atoms with Crippen molar-refractivity contribution < 1.29 is 14.3 Å². The number of carbonyl (C=O) groups is 2. The van der Waals surface area contributed by atoms with Crippen molar-refractivity contribution in [3.05, 3.63) is 108 Å². The predicted molar refractivity (Wildman–Crippen MR) is 122 cm³/mol. The number of hydrogen-bond donors (Lipinski definition) is 1. The van der Waals surface area contributed by atoms with Crippen molar-refractivity contribution in [2.24, 2.45) is 0 Å². The minimum atomic E-state index is -0.598. The lowest BCUT2D eigenvalue weighted by atomic mass is 10.1. The van der Waals surface area contributed by atoms with E-state index in [1.54, 1.807) is 17.1 Å². The molecule has 3 aromatic carbocycles. The Labute approximate surface area is 184 Å². The molecule has 0 saturated carbocycles. The molecule has 0 aliphatic carbocycles. The number of nitrogens with one attached hydrogen (secondary N) is 1. The number of ether oxygens (including phenoxy) is 1. The molecule has 2 aromatic heterocycles. The SMILES string of the molecule is O=C(OCC(=O)c1c[nH]c2ccccc12)c1cn(-c2ccccc2)nc1-c1ccccc1. The second kappa shape index (κ2) is 8.35. The van der Waals surface area contributed by atoms with Gasteiger partial charge in [0.15, 0.2) is 6.61 Å². The Morgan fingerprint density at radius 2 is 1.53 bits per heavy atom. The van der Waals surface area contributed by atoms with Crippen LogP contribution in [0.3, 0.4) is 0 Å². The fourth-order valence-electron chi connectivity index (χ4n) is 3.63. The fraction of sp³-hybridized carbons (Fsp3) is 0.0385. The molecule has 5 aromatic rings. The fourth-order valence-corrected chi connectivity index (χ4v) is 3.63. The summed E-state index contributed by atoms with van der Waals surface area (Å²) < 4.78 is 7.06. The standard InChI is InChI=1S/C26H19N3O3/c30-24(21-15-27-23-14-8-7-13-20(21)23)17-32-26(31)22-16-29(19-11-5-2-6-12-19)28-25(22)18-9-3-1-4-10-18/h1-16,27H,17H2. The topological polar surface area (TPSA) is 77.0 Å². The molecule has 156 valence electrons. The maximum atomic E-state index is 13.0. The molecule has 0 radical (unpaired) electrons. The monoisotopic (exact) mass is 421 g/mol. The van der Waals surface area contributed by atoms with Gasteiger partial charge < -0.3 is 9.72 Å². The molecule has 0 aliphatic heterocycles. The lowest BCUT2D eigenvalue weighted by Gasteiger charge is -2.04.